The molecule has 5 rings (SSSR count). The number of fused-ring (bicyclic) bond motifs is 1. The van der Waals surface area contributed by atoms with E-state index in [9.17, 15) is 33.6 Å². The molecule has 1 saturated heterocycles. The molecule has 0 aromatic carbocycles. The summed E-state index contributed by atoms with van der Waals surface area (Å²) in [5.41, 5.74) is -1.27. The summed E-state index contributed by atoms with van der Waals surface area (Å²) in [4.78, 5) is 103. The molecule has 2 heterocycles. The predicted molar refractivity (Wildman–Crippen MR) is 188 cm³/mol. The molecule has 4 fully saturated rings. The lowest BCUT2D eigenvalue weighted by atomic mass is 9.82. The monoisotopic (exact) mass is 723 g/mol. The highest BCUT2D eigenvalue weighted by Crippen LogP contribution is 2.43. The summed E-state index contributed by atoms with van der Waals surface area (Å²) in [6.45, 7) is 7.66. The largest absolute Gasteiger partial charge is 0.476 e. The third kappa shape index (κ3) is 9.13. The van der Waals surface area contributed by atoms with Crippen LogP contribution in [-0.4, -0.2) is 98.0 Å². The number of hydrogen-bond donors (Lipinski definition) is 5. The number of aromatic nitrogens is 2. The van der Waals surface area contributed by atoms with Crippen LogP contribution in [0.2, 0.25) is 0 Å². The fourth-order valence-electron chi connectivity index (χ4n) is 8.01. The molecule has 1 aromatic heterocycles. The Balaban J connectivity index is 1.36. The maximum absolute atomic E-state index is 14.6. The number of hydrogen-bond acceptors (Lipinski definition) is 9. The van der Waals surface area contributed by atoms with Gasteiger partial charge in [-0.2, -0.15) is 0 Å². The molecule has 6 atom stereocenters. The molecule has 0 spiro atoms. The first-order valence-electron chi connectivity index (χ1n) is 18.8. The normalized spacial score (nSPS) is 23.5. The summed E-state index contributed by atoms with van der Waals surface area (Å²) in [5, 5.41) is 20.5. The third-order valence-electron chi connectivity index (χ3n) is 11.0. The van der Waals surface area contributed by atoms with E-state index in [1.54, 1.807) is 4.90 Å². The number of amides is 5. The molecule has 5 N–H and O–H groups in total. The van der Waals surface area contributed by atoms with Gasteiger partial charge in [0.25, 0.3) is 11.8 Å². The van der Waals surface area contributed by atoms with E-state index in [0.29, 0.717) is 25.8 Å². The van der Waals surface area contributed by atoms with Crippen LogP contribution in [0.4, 0.5) is 0 Å². The van der Waals surface area contributed by atoms with Crippen LogP contribution in [0.5, 0.6) is 0 Å². The second-order valence-corrected chi connectivity index (χ2v) is 16.0. The van der Waals surface area contributed by atoms with Crippen molar-refractivity contribution in [2.45, 2.75) is 135 Å². The van der Waals surface area contributed by atoms with Crippen LogP contribution in [0.15, 0.2) is 12.4 Å². The minimum Gasteiger partial charge on any atom is -0.476 e. The Kier molecular flexibility index (Phi) is 12.3. The molecular weight excluding hydrogens is 670 g/mol. The van der Waals surface area contributed by atoms with Gasteiger partial charge >= 0.3 is 5.97 Å². The molecule has 15 nitrogen and oxygen atoms in total. The van der Waals surface area contributed by atoms with Gasteiger partial charge in [-0.25, -0.2) is 14.8 Å². The molecule has 284 valence electrons. The number of aromatic carboxylic acids is 1. The van der Waals surface area contributed by atoms with Gasteiger partial charge in [-0.1, -0.05) is 59.8 Å². The van der Waals surface area contributed by atoms with E-state index in [0.717, 1.165) is 63.8 Å². The Morgan fingerprint density at radius 2 is 1.54 bits per heavy atom. The van der Waals surface area contributed by atoms with Gasteiger partial charge in [0, 0.05) is 12.6 Å². The van der Waals surface area contributed by atoms with Crippen molar-refractivity contribution in [2.75, 3.05) is 6.54 Å². The van der Waals surface area contributed by atoms with E-state index in [1.165, 1.54) is 0 Å². The van der Waals surface area contributed by atoms with Gasteiger partial charge in [-0.3, -0.25) is 28.8 Å². The van der Waals surface area contributed by atoms with Crippen molar-refractivity contribution in [3.05, 3.63) is 23.8 Å². The fraction of sp³-hybridized carbons (Fsp3) is 0.703. The predicted octanol–water partition coefficient (Wildman–Crippen LogP) is 2.14. The molecule has 3 aliphatic carbocycles. The van der Waals surface area contributed by atoms with Gasteiger partial charge in [-0.05, 0) is 68.1 Å². The average molecular weight is 724 g/mol. The molecular formula is C37H53N7O8. The number of likely N-dealkylation sites (tertiary alicyclic amines) is 1. The van der Waals surface area contributed by atoms with Crippen molar-refractivity contribution in [2.24, 2.45) is 23.2 Å². The number of nitrogens with zero attached hydrogens (tertiary/aromatic N) is 3. The summed E-state index contributed by atoms with van der Waals surface area (Å²) in [6.07, 6.45) is 11.1. The van der Waals surface area contributed by atoms with Crippen LogP contribution in [0.1, 0.15) is 126 Å². The summed E-state index contributed by atoms with van der Waals surface area (Å²) in [6, 6.07) is -3.97. The average Bonchev–Trinajstić information content (AvgIpc) is 3.68. The Hall–Kier alpha value is -4.43. The van der Waals surface area contributed by atoms with Crippen LogP contribution in [0.3, 0.4) is 0 Å². The lowest BCUT2D eigenvalue weighted by Crippen LogP contribution is -2.62. The molecule has 5 amide bonds. The van der Waals surface area contributed by atoms with E-state index in [1.807, 2.05) is 27.7 Å². The first-order valence-corrected chi connectivity index (χ1v) is 18.8. The molecule has 1 aliphatic heterocycles. The SMILES string of the molecule is CCC[C@H](NC(=O)[C@@H]1[C@H]2CCC[C@H]2CN1C(=O)[C@@H](NC(=O)[C@@H](NC(=O)c1cnc(C(=O)O)cn1)C1CCCCC1)C(C)(C)C)C(=O)C(=O)NC1CC1. The summed E-state index contributed by atoms with van der Waals surface area (Å²) < 4.78 is 0. The molecule has 3 saturated carbocycles. The minimum atomic E-state index is -1.29. The molecule has 0 bridgehead atoms. The van der Waals surface area contributed by atoms with Gasteiger partial charge in [-0.15, -0.1) is 0 Å². The van der Waals surface area contributed by atoms with Crippen molar-refractivity contribution in [1.29, 1.82) is 0 Å². The second kappa shape index (κ2) is 16.5. The van der Waals surface area contributed by atoms with Crippen molar-refractivity contribution in [1.82, 2.24) is 36.1 Å². The van der Waals surface area contributed by atoms with E-state index in [-0.39, 0.29) is 41.6 Å². The molecule has 0 radical (unpaired) electrons. The van der Waals surface area contributed by atoms with Gasteiger partial charge in [0.15, 0.2) is 5.69 Å². The van der Waals surface area contributed by atoms with E-state index < -0.39 is 70.9 Å². The Labute approximate surface area is 304 Å². The van der Waals surface area contributed by atoms with E-state index in [4.69, 9.17) is 5.11 Å². The Morgan fingerprint density at radius 3 is 2.13 bits per heavy atom. The highest BCUT2D eigenvalue weighted by atomic mass is 16.4. The van der Waals surface area contributed by atoms with E-state index in [2.05, 4.69) is 31.2 Å². The summed E-state index contributed by atoms with van der Waals surface area (Å²) in [5.74, 6) is -5.09. The molecule has 1 aromatic rings. The lowest BCUT2D eigenvalue weighted by molar-refractivity contribution is -0.146. The first kappa shape index (κ1) is 38.8. The minimum absolute atomic E-state index is 0.00812. The van der Waals surface area contributed by atoms with Crippen molar-refractivity contribution in [3.63, 3.8) is 0 Å². The topological polar surface area (TPSA) is 217 Å². The van der Waals surface area contributed by atoms with E-state index >= 15 is 0 Å². The Morgan fingerprint density at radius 1 is 0.865 bits per heavy atom. The number of carbonyl (C=O) groups is 7. The fourth-order valence-corrected chi connectivity index (χ4v) is 8.01. The van der Waals surface area contributed by atoms with Crippen molar-refractivity contribution >= 4 is 41.3 Å². The number of ketones is 1. The van der Waals surface area contributed by atoms with Gasteiger partial charge in [0.1, 0.15) is 23.8 Å². The summed E-state index contributed by atoms with van der Waals surface area (Å²) in [7, 11) is 0. The zero-order valence-electron chi connectivity index (χ0n) is 30.6. The van der Waals surface area contributed by atoms with Crippen LogP contribution in [0, 0.1) is 23.2 Å². The van der Waals surface area contributed by atoms with Crippen molar-refractivity contribution in [3.8, 4) is 0 Å². The molecule has 4 aliphatic rings. The third-order valence-corrected chi connectivity index (χ3v) is 11.0. The Bertz CT molecular complexity index is 1530. The number of Topliss-reactive ketones (excluding diaryl/α,β-unsaturated/α-hetero) is 1. The smallest absolute Gasteiger partial charge is 0.356 e. The molecule has 0 unspecified atom stereocenters. The van der Waals surface area contributed by atoms with Gasteiger partial charge in [0.2, 0.25) is 23.5 Å². The zero-order chi connectivity index (χ0) is 37.7. The van der Waals surface area contributed by atoms with Crippen LogP contribution >= 0.6 is 0 Å². The van der Waals surface area contributed by atoms with Crippen LogP contribution in [-0.2, 0) is 24.0 Å². The highest BCUT2D eigenvalue weighted by Gasteiger charge is 2.52. The standard InChI is InChI=1S/C37H53N7O8/c1-5-10-24(29(45)34(49)40-22-15-16-22)41-33(48)28-23-14-9-13-21(23)19-44(28)35(50)30(37(2,3)4)43-32(47)27(20-11-7-6-8-12-20)42-31(46)25-17-39-26(18-38-25)36(51)52/h17-18,20-24,27-28,30H,5-16,19H2,1-4H3,(H,40,49)(H,41,48)(H,42,46)(H,43,47)(H,51,52)/t21-,23-,24-,27-,28-,30+/m0/s1. The maximum atomic E-state index is 14.6. The lowest BCUT2D eigenvalue weighted by Gasteiger charge is -2.38. The molecule has 15 heteroatoms. The first-order chi connectivity index (χ1) is 24.7. The number of carbonyl (C=O) groups excluding carboxylic acids is 6. The van der Waals surface area contributed by atoms with Crippen molar-refractivity contribution < 1.29 is 38.7 Å². The maximum Gasteiger partial charge on any atom is 0.356 e. The molecule has 52 heavy (non-hydrogen) atoms. The highest BCUT2D eigenvalue weighted by molar-refractivity contribution is 6.38. The number of carboxylic acid groups (broad SMARTS) is 1. The zero-order valence-corrected chi connectivity index (χ0v) is 30.6. The van der Waals surface area contributed by atoms with Gasteiger partial charge in [0.05, 0.1) is 18.4 Å². The van der Waals surface area contributed by atoms with Crippen LogP contribution < -0.4 is 21.3 Å². The second-order valence-electron chi connectivity index (χ2n) is 16.0. The van der Waals surface area contributed by atoms with Crippen LogP contribution in [0.25, 0.3) is 0 Å². The number of rotatable bonds is 14. The quantitative estimate of drug-likeness (QED) is 0.176. The number of nitrogens with one attached hydrogen (secondary N) is 4. The summed E-state index contributed by atoms with van der Waals surface area (Å²) >= 11 is 0. The number of carboxylic acids is 1. The van der Waals surface area contributed by atoms with Gasteiger partial charge < -0.3 is 31.3 Å².